The van der Waals surface area contributed by atoms with Gasteiger partial charge in [-0.25, -0.2) is 25.3 Å². The molecule has 0 aliphatic heterocycles. The van der Waals surface area contributed by atoms with Crippen molar-refractivity contribution < 1.29 is 240 Å². The van der Waals surface area contributed by atoms with Gasteiger partial charge in [-0.3, -0.25) is 19.3 Å². The SMILES string of the molecule is CN(CCN(C)c1nc(Cl)nc(Nc2cc(S(=O)(=O)[O-])cc3cc(SOO[O-])c(N=Nc4ccc(S(=O)(=O)CCOSOO[O-])cc4)c(O)c23)n1)c1nc(Cl)nc(Nc2ccc3c(O)c(N=Nc4ccccc4SOO[O-])c(S(=O)(=O)[O-])cc3c2)n1.[Na+].[Na+].[Na+].[Na+].[Na+]. The number of hydrogen-bond acceptors (Lipinski definition) is 37. The Morgan fingerprint density at radius 2 is 1.18 bits per heavy atom. The number of aromatic nitrogens is 6. The second kappa shape index (κ2) is 38.1. The zero-order valence-electron chi connectivity index (χ0n) is 47.8. The summed E-state index contributed by atoms with van der Waals surface area (Å²) in [6, 6.07) is 19.1. The third-order valence-corrected chi connectivity index (χ3v) is 16.6. The van der Waals surface area contributed by atoms with Crippen molar-refractivity contribution in [3.8, 4) is 11.5 Å². The van der Waals surface area contributed by atoms with Crippen LogP contribution in [0.25, 0.3) is 21.5 Å². The van der Waals surface area contributed by atoms with Crippen molar-refractivity contribution in [1.29, 1.82) is 0 Å². The molecule has 91 heavy (non-hydrogen) atoms. The molecule has 0 bridgehead atoms. The normalized spacial score (nSPS) is 11.6. The van der Waals surface area contributed by atoms with Crippen LogP contribution in [0.1, 0.15) is 0 Å². The fourth-order valence-electron chi connectivity index (χ4n) is 7.43. The first-order valence-corrected chi connectivity index (χ1v) is 30.4. The number of anilines is 6. The number of phenolic OH excluding ortho intramolecular Hbond substituents is 2. The second-order valence-electron chi connectivity index (χ2n) is 16.8. The Bertz CT molecular complexity index is 4260. The molecule has 0 saturated carbocycles. The van der Waals surface area contributed by atoms with Crippen LogP contribution >= 0.6 is 59.6 Å². The number of halogens is 2. The monoisotopic (exact) mass is 1450 g/mol. The van der Waals surface area contributed by atoms with E-state index in [1.54, 1.807) is 31.1 Å². The molecule has 4 N–H and O–H groups in total. The molecular formula is C44H33Cl2N14Na5O20S6. The van der Waals surface area contributed by atoms with Gasteiger partial charge in [-0.05, 0) is 113 Å². The van der Waals surface area contributed by atoms with Gasteiger partial charge >= 0.3 is 148 Å². The smallest absolute Gasteiger partial charge is 0.744 e. The van der Waals surface area contributed by atoms with E-state index < -0.39 is 68.5 Å². The van der Waals surface area contributed by atoms with Crippen molar-refractivity contribution in [3.63, 3.8) is 0 Å². The molecule has 0 aliphatic rings. The molecule has 0 fully saturated rings. The molecule has 8 aromatic rings. The zero-order chi connectivity index (χ0) is 61.9. The molecule has 0 spiro atoms. The van der Waals surface area contributed by atoms with Crippen molar-refractivity contribution >= 4 is 169 Å². The molecule has 0 saturated heterocycles. The molecule has 2 aromatic heterocycles. The van der Waals surface area contributed by atoms with E-state index in [1.165, 1.54) is 65.6 Å². The van der Waals surface area contributed by atoms with Crippen LogP contribution in [0, 0.1) is 0 Å². The average Bonchev–Trinajstić information content (AvgIpc) is 0.854. The molecule has 8 rings (SSSR count). The summed E-state index contributed by atoms with van der Waals surface area (Å²) in [5, 5.41) is 84.9. The third-order valence-electron chi connectivity index (χ3n) is 11.3. The first-order valence-electron chi connectivity index (χ1n) is 23.1. The molecule has 0 aliphatic carbocycles. The topological polar surface area (TPSA) is 480 Å². The first-order chi connectivity index (χ1) is 41.0. The predicted octanol–water partition coefficient (Wildman–Crippen LogP) is -9.16. The molecule has 2 heterocycles. The van der Waals surface area contributed by atoms with Crippen molar-refractivity contribution in [2.24, 2.45) is 20.5 Å². The summed E-state index contributed by atoms with van der Waals surface area (Å²) in [6.07, 6.45) is 0. The van der Waals surface area contributed by atoms with Crippen LogP contribution < -0.4 is 184 Å². The van der Waals surface area contributed by atoms with Crippen molar-refractivity contribution in [1.82, 2.24) is 29.9 Å². The Morgan fingerprint density at radius 3 is 1.77 bits per heavy atom. The summed E-state index contributed by atoms with van der Waals surface area (Å²) < 4.78 is 118. The number of benzene rings is 6. The summed E-state index contributed by atoms with van der Waals surface area (Å²) in [7, 11) is -11.2. The molecule has 454 valence electrons. The minimum atomic E-state index is -5.28. The maximum atomic E-state index is 12.8. The van der Waals surface area contributed by atoms with E-state index in [0.717, 1.165) is 18.2 Å². The fourth-order valence-corrected chi connectivity index (χ4v) is 11.3. The average molecular weight is 1460 g/mol. The third kappa shape index (κ3) is 22.7. The Morgan fingerprint density at radius 1 is 0.593 bits per heavy atom. The molecule has 34 nitrogen and oxygen atoms in total. The van der Waals surface area contributed by atoms with Crippen LogP contribution in [0.15, 0.2) is 136 Å². The predicted molar refractivity (Wildman–Crippen MR) is 295 cm³/mol. The van der Waals surface area contributed by atoms with E-state index in [0.29, 0.717) is 12.0 Å². The van der Waals surface area contributed by atoms with E-state index >= 15 is 0 Å². The summed E-state index contributed by atoms with van der Waals surface area (Å²) in [5.41, 5.74) is -1.02. The Balaban J connectivity index is 0.00000432. The molecule has 0 unspecified atom stereocenters. The Hall–Kier alpha value is -2.14. The molecule has 47 heteroatoms. The van der Waals surface area contributed by atoms with Crippen molar-refractivity contribution in [2.75, 3.05) is 60.0 Å². The van der Waals surface area contributed by atoms with Gasteiger partial charge in [0.1, 0.15) is 37.3 Å². The number of sulfone groups is 1. The van der Waals surface area contributed by atoms with Gasteiger partial charge in [0, 0.05) is 43.6 Å². The summed E-state index contributed by atoms with van der Waals surface area (Å²) >= 11 is 13.5. The Kier molecular flexibility index (Phi) is 34.8. The maximum absolute atomic E-state index is 12.8. The van der Waals surface area contributed by atoms with Gasteiger partial charge in [-0.15, -0.1) is 19.7 Å². The number of hydrogen-bond donors (Lipinski definition) is 4. The standard InChI is InChI=1S/C44H38Cl2N14O20S6.5Na/c1-59(43-51-39(45)49-41(53-43)47-25-9-12-28-22(17-25)20-33(86(71,72)73)36(37(28)61)58-56-29-5-3-4-6-31(29)81-78-75-63)13-14-60(2)44-52-40(46)50-42(54-44)48-30-21-27(85(68,69)70)18-23-19-32(82-79-76-64)35(38(62)34(23)30)57-55-24-7-10-26(11-8-24)84(66,67)16-15-74-83-80-77-65;;;;;/h3-12,17-21,61-65H,13-16H2,1-2H3,(H,68,69,70)(H,71,72,73)(H,47,49,51,53)(H,48,50,52,54);;;;;/q;5*+1/p-5. The van der Waals surface area contributed by atoms with Crippen LogP contribution in [-0.2, 0) is 62.4 Å². The largest absolute Gasteiger partial charge is 1.00 e. The van der Waals surface area contributed by atoms with E-state index in [1.807, 2.05) is 0 Å². The quantitative estimate of drug-likeness (QED) is 0.00673. The number of rotatable bonds is 28. The van der Waals surface area contributed by atoms with Gasteiger partial charge in [0.05, 0.1) is 72.3 Å². The number of nitrogens with one attached hydrogen (secondary N) is 2. The second-order valence-corrected chi connectivity index (χ2v) is 24.3. The van der Waals surface area contributed by atoms with E-state index in [4.69, 9.17) is 27.4 Å². The molecular weight excluding hydrogens is 1420 g/mol. The molecule has 0 atom stereocenters. The van der Waals surface area contributed by atoms with Crippen LogP contribution in [0.2, 0.25) is 10.6 Å². The summed E-state index contributed by atoms with van der Waals surface area (Å²) in [6.45, 7) is -0.164. The van der Waals surface area contributed by atoms with Crippen molar-refractivity contribution in [2.45, 2.75) is 24.5 Å². The van der Waals surface area contributed by atoms with E-state index in [9.17, 15) is 60.3 Å². The maximum Gasteiger partial charge on any atom is 1.00 e. The summed E-state index contributed by atoms with van der Waals surface area (Å²) in [5.74, 6) is -2.42. The van der Waals surface area contributed by atoms with Crippen LogP contribution in [0.3, 0.4) is 0 Å². The summed E-state index contributed by atoms with van der Waals surface area (Å²) in [4.78, 5) is 26.6. The van der Waals surface area contributed by atoms with Crippen LogP contribution in [0.4, 0.5) is 57.9 Å². The number of likely N-dealkylation sites (N-methyl/N-ethyl adjacent to an activating group) is 2. The van der Waals surface area contributed by atoms with Crippen LogP contribution in [0.5, 0.6) is 11.5 Å². The number of azo groups is 2. The van der Waals surface area contributed by atoms with Crippen LogP contribution in [-0.4, -0.2) is 114 Å². The first kappa shape index (κ1) is 83.1. The van der Waals surface area contributed by atoms with Gasteiger partial charge in [-0.1, -0.05) is 12.1 Å². The van der Waals surface area contributed by atoms with Gasteiger partial charge < -0.3 is 55.5 Å². The van der Waals surface area contributed by atoms with Gasteiger partial charge in [0.15, 0.2) is 33.7 Å². The minimum absolute atomic E-state index is 0. The van der Waals surface area contributed by atoms with Crippen molar-refractivity contribution in [3.05, 3.63) is 102 Å². The molecule has 6 aromatic carbocycles. The molecule has 0 radical (unpaired) electrons. The minimum Gasteiger partial charge on any atom is -0.744 e. The number of nitrogens with zero attached hydrogens (tertiary/aromatic N) is 12. The van der Waals surface area contributed by atoms with E-state index in [-0.39, 0.29) is 285 Å². The van der Waals surface area contributed by atoms with Gasteiger partial charge in [-0.2, -0.15) is 43.7 Å². The van der Waals surface area contributed by atoms with E-state index in [2.05, 4.69) is 89.1 Å². The fraction of sp³-hybridized carbons (Fsp3) is 0.136. The van der Waals surface area contributed by atoms with Gasteiger partial charge in [0.25, 0.3) is 0 Å². The zero-order valence-corrected chi connectivity index (χ0v) is 64.2. The van der Waals surface area contributed by atoms with Gasteiger partial charge in [0.2, 0.25) is 34.4 Å². The Labute approximate surface area is 648 Å². The number of phenols is 2. The number of fused-ring (bicyclic) bond motifs is 2. The molecule has 0 amide bonds. The number of aromatic hydroxyl groups is 2.